The zero-order valence-electron chi connectivity index (χ0n) is 9.65. The van der Waals surface area contributed by atoms with Crippen molar-refractivity contribution < 1.29 is 4.39 Å². The van der Waals surface area contributed by atoms with Crippen molar-refractivity contribution in [3.05, 3.63) is 63.7 Å². The molecule has 0 saturated heterocycles. The van der Waals surface area contributed by atoms with Crippen molar-refractivity contribution >= 4 is 22.6 Å². The molecule has 1 aromatic carbocycles. The molecule has 2 heterocycles. The topological polar surface area (TPSA) is 45.8 Å². The molecule has 0 unspecified atom stereocenters. The number of halogens is 2. The van der Waals surface area contributed by atoms with Gasteiger partial charge in [-0.2, -0.15) is 0 Å². The fraction of sp³-hybridized carbons (Fsp3) is 0. The summed E-state index contributed by atoms with van der Waals surface area (Å²) in [6, 6.07) is 8.90. The van der Waals surface area contributed by atoms with Crippen LogP contribution in [0.25, 0.3) is 22.3 Å². The molecule has 0 bridgehead atoms. The molecule has 3 aromatic rings. The number of hydrogen-bond donors (Lipinski definition) is 1. The SMILES string of the molecule is O=c1cc(-c2ccc(F)cc2)[nH]c2ncc(Cl)cc12. The number of hydrogen-bond acceptors (Lipinski definition) is 2. The summed E-state index contributed by atoms with van der Waals surface area (Å²) in [6.45, 7) is 0. The Morgan fingerprint density at radius 3 is 2.63 bits per heavy atom. The lowest BCUT2D eigenvalue weighted by Gasteiger charge is -2.04. The lowest BCUT2D eigenvalue weighted by Crippen LogP contribution is -2.04. The average molecular weight is 275 g/mol. The number of benzene rings is 1. The van der Waals surface area contributed by atoms with Crippen LogP contribution in [0.2, 0.25) is 5.02 Å². The number of aromatic nitrogens is 2. The van der Waals surface area contributed by atoms with Crippen LogP contribution in [0.1, 0.15) is 0 Å². The van der Waals surface area contributed by atoms with E-state index in [4.69, 9.17) is 11.6 Å². The molecule has 0 aliphatic carbocycles. The minimum absolute atomic E-state index is 0.178. The van der Waals surface area contributed by atoms with Gasteiger partial charge in [-0.3, -0.25) is 4.79 Å². The summed E-state index contributed by atoms with van der Waals surface area (Å²) in [7, 11) is 0. The summed E-state index contributed by atoms with van der Waals surface area (Å²) in [5.74, 6) is -0.322. The van der Waals surface area contributed by atoms with Crippen LogP contribution in [0.3, 0.4) is 0 Å². The van der Waals surface area contributed by atoms with E-state index in [1.165, 1.54) is 24.4 Å². The summed E-state index contributed by atoms with van der Waals surface area (Å²) in [4.78, 5) is 19.1. The standard InChI is InChI=1S/C14H8ClFN2O/c15-9-5-11-13(19)6-12(18-14(11)17-7-9)8-1-3-10(16)4-2-8/h1-7H,(H,17,18,19). The van der Waals surface area contributed by atoms with Crippen molar-refractivity contribution in [3.8, 4) is 11.3 Å². The molecule has 19 heavy (non-hydrogen) atoms. The minimum Gasteiger partial charge on any atom is -0.339 e. The fourth-order valence-corrected chi connectivity index (χ4v) is 2.04. The molecule has 0 radical (unpaired) electrons. The summed E-state index contributed by atoms with van der Waals surface area (Å²) >= 11 is 5.81. The number of pyridine rings is 2. The highest BCUT2D eigenvalue weighted by atomic mass is 35.5. The van der Waals surface area contributed by atoms with Gasteiger partial charge >= 0.3 is 0 Å². The second kappa shape index (κ2) is 4.48. The van der Waals surface area contributed by atoms with E-state index >= 15 is 0 Å². The van der Waals surface area contributed by atoms with Crippen LogP contribution in [0.4, 0.5) is 4.39 Å². The van der Waals surface area contributed by atoms with Crippen molar-refractivity contribution in [2.75, 3.05) is 0 Å². The van der Waals surface area contributed by atoms with Crippen LogP contribution < -0.4 is 5.43 Å². The van der Waals surface area contributed by atoms with E-state index in [2.05, 4.69) is 9.97 Å². The monoisotopic (exact) mass is 274 g/mol. The lowest BCUT2D eigenvalue weighted by molar-refractivity contribution is 0.628. The highest BCUT2D eigenvalue weighted by Crippen LogP contribution is 2.19. The minimum atomic E-state index is -0.322. The van der Waals surface area contributed by atoms with Gasteiger partial charge in [0, 0.05) is 12.3 Å². The Labute approximate surface area is 112 Å². The first kappa shape index (κ1) is 11.9. The number of rotatable bonds is 1. The summed E-state index contributed by atoms with van der Waals surface area (Å²) in [6.07, 6.45) is 1.47. The lowest BCUT2D eigenvalue weighted by atomic mass is 10.1. The van der Waals surface area contributed by atoms with Gasteiger partial charge in [0.25, 0.3) is 0 Å². The zero-order valence-corrected chi connectivity index (χ0v) is 10.4. The predicted molar refractivity (Wildman–Crippen MR) is 72.8 cm³/mol. The first-order valence-corrected chi connectivity index (χ1v) is 5.96. The van der Waals surface area contributed by atoms with Gasteiger partial charge in [0.15, 0.2) is 5.43 Å². The first-order valence-electron chi connectivity index (χ1n) is 5.58. The molecular weight excluding hydrogens is 267 g/mol. The Bertz CT molecular complexity index is 812. The maximum atomic E-state index is 12.9. The van der Waals surface area contributed by atoms with Crippen molar-refractivity contribution in [2.45, 2.75) is 0 Å². The van der Waals surface area contributed by atoms with E-state index < -0.39 is 0 Å². The van der Waals surface area contributed by atoms with E-state index in [0.29, 0.717) is 21.7 Å². The third-order valence-electron chi connectivity index (χ3n) is 2.80. The Balaban J connectivity index is 2.24. The molecule has 5 heteroatoms. The predicted octanol–water partition coefficient (Wildman–Crippen LogP) is 3.38. The molecule has 0 amide bonds. The van der Waals surface area contributed by atoms with Crippen molar-refractivity contribution in [1.29, 1.82) is 0 Å². The van der Waals surface area contributed by atoms with Gasteiger partial charge in [-0.1, -0.05) is 11.6 Å². The highest BCUT2D eigenvalue weighted by Gasteiger charge is 2.06. The zero-order chi connectivity index (χ0) is 13.4. The van der Waals surface area contributed by atoms with E-state index in [9.17, 15) is 9.18 Å². The van der Waals surface area contributed by atoms with Crippen molar-refractivity contribution in [2.24, 2.45) is 0 Å². The smallest absolute Gasteiger partial charge is 0.191 e. The number of H-pyrrole nitrogens is 1. The van der Waals surface area contributed by atoms with Gasteiger partial charge < -0.3 is 4.98 Å². The van der Waals surface area contributed by atoms with Gasteiger partial charge in [-0.25, -0.2) is 9.37 Å². The Morgan fingerprint density at radius 2 is 1.89 bits per heavy atom. The van der Waals surface area contributed by atoms with Gasteiger partial charge in [0.2, 0.25) is 0 Å². The molecule has 0 atom stereocenters. The van der Waals surface area contributed by atoms with E-state index in [1.54, 1.807) is 18.2 Å². The first-order chi connectivity index (χ1) is 9.13. The molecule has 0 saturated carbocycles. The third-order valence-corrected chi connectivity index (χ3v) is 3.01. The van der Waals surface area contributed by atoms with Crippen LogP contribution in [-0.4, -0.2) is 9.97 Å². The molecule has 1 N–H and O–H groups in total. The Kier molecular flexibility index (Phi) is 2.80. The molecule has 0 aliphatic rings. The van der Waals surface area contributed by atoms with Gasteiger partial charge in [-0.05, 0) is 35.9 Å². The Hall–Kier alpha value is -2.20. The van der Waals surface area contributed by atoms with Crippen LogP contribution in [0, 0.1) is 5.82 Å². The molecule has 3 nitrogen and oxygen atoms in total. The number of fused-ring (bicyclic) bond motifs is 1. The van der Waals surface area contributed by atoms with Gasteiger partial charge in [0.1, 0.15) is 11.5 Å². The normalized spacial score (nSPS) is 10.8. The van der Waals surface area contributed by atoms with Gasteiger partial charge in [0.05, 0.1) is 16.1 Å². The molecular formula is C14H8ClFN2O. The van der Waals surface area contributed by atoms with Crippen molar-refractivity contribution in [1.82, 2.24) is 9.97 Å². The molecule has 94 valence electrons. The fourth-order valence-electron chi connectivity index (χ4n) is 1.88. The molecule has 0 spiro atoms. The van der Waals surface area contributed by atoms with Crippen LogP contribution in [-0.2, 0) is 0 Å². The highest BCUT2D eigenvalue weighted by molar-refractivity contribution is 6.31. The second-order valence-electron chi connectivity index (χ2n) is 4.10. The largest absolute Gasteiger partial charge is 0.339 e. The van der Waals surface area contributed by atoms with Crippen LogP contribution >= 0.6 is 11.6 Å². The van der Waals surface area contributed by atoms with E-state index in [-0.39, 0.29) is 11.2 Å². The second-order valence-corrected chi connectivity index (χ2v) is 4.54. The summed E-state index contributed by atoms with van der Waals surface area (Å²) < 4.78 is 12.9. The average Bonchev–Trinajstić information content (AvgIpc) is 2.40. The quantitative estimate of drug-likeness (QED) is 0.739. The summed E-state index contributed by atoms with van der Waals surface area (Å²) in [5, 5.41) is 0.839. The molecule has 0 fully saturated rings. The van der Waals surface area contributed by atoms with Crippen molar-refractivity contribution in [3.63, 3.8) is 0 Å². The number of aromatic amines is 1. The van der Waals surface area contributed by atoms with Crippen LogP contribution in [0.15, 0.2) is 47.4 Å². The maximum Gasteiger partial charge on any atom is 0.191 e. The Morgan fingerprint density at radius 1 is 1.16 bits per heavy atom. The summed E-state index contributed by atoms with van der Waals surface area (Å²) in [5.41, 5.74) is 1.59. The molecule has 3 rings (SSSR count). The van der Waals surface area contributed by atoms with E-state index in [1.807, 2.05) is 0 Å². The third kappa shape index (κ3) is 2.22. The number of nitrogens with zero attached hydrogens (tertiary/aromatic N) is 1. The van der Waals surface area contributed by atoms with Crippen LogP contribution in [0.5, 0.6) is 0 Å². The number of nitrogens with one attached hydrogen (secondary N) is 1. The molecule has 0 aliphatic heterocycles. The van der Waals surface area contributed by atoms with Gasteiger partial charge in [-0.15, -0.1) is 0 Å². The van der Waals surface area contributed by atoms with E-state index in [0.717, 1.165) is 5.56 Å². The molecule has 2 aromatic heterocycles. The maximum absolute atomic E-state index is 12.9.